The van der Waals surface area contributed by atoms with Crippen molar-refractivity contribution in [1.82, 2.24) is 0 Å². The Morgan fingerprint density at radius 3 is 2.33 bits per heavy atom. The SMILES string of the molecule is COC(=O)c1cc(Cl)cc(N(C)C(C)=O)c1OC. The summed E-state index contributed by atoms with van der Waals surface area (Å²) in [7, 11) is 4.24. The highest BCUT2D eigenvalue weighted by molar-refractivity contribution is 6.31. The van der Waals surface area contributed by atoms with Crippen molar-refractivity contribution < 1.29 is 19.1 Å². The Morgan fingerprint density at radius 1 is 1.28 bits per heavy atom. The summed E-state index contributed by atoms with van der Waals surface area (Å²) in [5.41, 5.74) is 0.591. The summed E-state index contributed by atoms with van der Waals surface area (Å²) in [5, 5.41) is 0.319. The second kappa shape index (κ2) is 5.73. The number of nitrogens with zero attached hydrogens (tertiary/aromatic N) is 1. The Balaban J connectivity index is 3.47. The Labute approximate surface area is 110 Å². The molecule has 5 nitrogen and oxygen atoms in total. The number of anilines is 1. The number of halogens is 1. The molecule has 0 aliphatic carbocycles. The summed E-state index contributed by atoms with van der Waals surface area (Å²) in [6.45, 7) is 1.40. The number of ether oxygens (including phenoxy) is 2. The predicted molar refractivity (Wildman–Crippen MR) is 68.4 cm³/mol. The molecule has 0 aliphatic heterocycles. The highest BCUT2D eigenvalue weighted by Crippen LogP contribution is 2.35. The largest absolute Gasteiger partial charge is 0.494 e. The minimum absolute atomic E-state index is 0.176. The van der Waals surface area contributed by atoms with Gasteiger partial charge in [0, 0.05) is 19.0 Å². The van der Waals surface area contributed by atoms with E-state index in [1.807, 2.05) is 0 Å². The zero-order valence-corrected chi connectivity index (χ0v) is 11.4. The van der Waals surface area contributed by atoms with Crippen LogP contribution in [0.3, 0.4) is 0 Å². The molecule has 0 spiro atoms. The Hall–Kier alpha value is -1.75. The van der Waals surface area contributed by atoms with Gasteiger partial charge in [-0.15, -0.1) is 0 Å². The Morgan fingerprint density at radius 2 is 1.89 bits per heavy atom. The first-order valence-corrected chi connectivity index (χ1v) is 5.50. The third-order valence-electron chi connectivity index (χ3n) is 2.48. The van der Waals surface area contributed by atoms with Crippen molar-refractivity contribution in [2.24, 2.45) is 0 Å². The van der Waals surface area contributed by atoms with E-state index in [-0.39, 0.29) is 17.2 Å². The summed E-state index contributed by atoms with van der Waals surface area (Å²) in [6, 6.07) is 2.98. The van der Waals surface area contributed by atoms with Crippen molar-refractivity contribution in [3.63, 3.8) is 0 Å². The van der Waals surface area contributed by atoms with E-state index < -0.39 is 5.97 Å². The monoisotopic (exact) mass is 271 g/mol. The second-order valence-corrected chi connectivity index (χ2v) is 4.01. The summed E-state index contributed by atoms with van der Waals surface area (Å²) < 4.78 is 9.82. The molecule has 0 atom stereocenters. The van der Waals surface area contributed by atoms with Crippen LogP contribution in [0, 0.1) is 0 Å². The minimum Gasteiger partial charge on any atom is -0.494 e. The van der Waals surface area contributed by atoms with Gasteiger partial charge in [0.1, 0.15) is 5.56 Å². The zero-order valence-electron chi connectivity index (χ0n) is 10.6. The van der Waals surface area contributed by atoms with Gasteiger partial charge in [-0.05, 0) is 12.1 Å². The lowest BCUT2D eigenvalue weighted by Gasteiger charge is -2.20. The molecule has 0 N–H and O–H groups in total. The first kappa shape index (κ1) is 14.3. The maximum Gasteiger partial charge on any atom is 0.341 e. The number of benzene rings is 1. The number of rotatable bonds is 3. The second-order valence-electron chi connectivity index (χ2n) is 3.58. The fraction of sp³-hybridized carbons (Fsp3) is 0.333. The van der Waals surface area contributed by atoms with Crippen LogP contribution >= 0.6 is 11.6 Å². The van der Waals surface area contributed by atoms with Crippen LogP contribution in [0.1, 0.15) is 17.3 Å². The number of carbonyl (C=O) groups is 2. The maximum atomic E-state index is 11.6. The average Bonchev–Trinajstić information content (AvgIpc) is 2.35. The third-order valence-corrected chi connectivity index (χ3v) is 2.70. The average molecular weight is 272 g/mol. The van der Waals surface area contributed by atoms with Gasteiger partial charge in [-0.1, -0.05) is 11.6 Å². The quantitative estimate of drug-likeness (QED) is 0.790. The highest BCUT2D eigenvalue weighted by Gasteiger charge is 2.21. The van der Waals surface area contributed by atoms with E-state index >= 15 is 0 Å². The van der Waals surface area contributed by atoms with E-state index in [2.05, 4.69) is 4.74 Å². The fourth-order valence-corrected chi connectivity index (χ4v) is 1.69. The molecule has 0 aromatic heterocycles. The molecule has 0 bridgehead atoms. The van der Waals surface area contributed by atoms with Crippen molar-refractivity contribution in [2.45, 2.75) is 6.92 Å². The molecular weight excluding hydrogens is 258 g/mol. The lowest BCUT2D eigenvalue weighted by Crippen LogP contribution is -2.24. The third kappa shape index (κ3) is 2.73. The van der Waals surface area contributed by atoms with Crippen molar-refractivity contribution in [3.8, 4) is 5.75 Å². The summed E-state index contributed by atoms with van der Waals surface area (Å²) in [6.07, 6.45) is 0. The molecule has 0 saturated carbocycles. The number of carbonyl (C=O) groups excluding carboxylic acids is 2. The molecular formula is C12H14ClNO4. The van der Waals surface area contributed by atoms with Gasteiger partial charge in [-0.25, -0.2) is 4.79 Å². The number of hydrogen-bond donors (Lipinski definition) is 0. The lowest BCUT2D eigenvalue weighted by molar-refractivity contribution is -0.116. The van der Waals surface area contributed by atoms with Crippen LogP contribution in [0.15, 0.2) is 12.1 Å². The molecule has 0 aliphatic rings. The van der Waals surface area contributed by atoms with Gasteiger partial charge < -0.3 is 14.4 Å². The first-order chi connectivity index (χ1) is 8.42. The molecule has 98 valence electrons. The van der Waals surface area contributed by atoms with E-state index in [0.29, 0.717) is 10.7 Å². The standard InChI is InChI=1S/C12H14ClNO4/c1-7(15)14(2)10-6-8(13)5-9(11(10)17-3)12(16)18-4/h5-6H,1-4H3. The molecule has 0 heterocycles. The van der Waals surface area contributed by atoms with E-state index in [9.17, 15) is 9.59 Å². The van der Waals surface area contributed by atoms with Gasteiger partial charge in [0.05, 0.1) is 19.9 Å². The Bertz CT molecular complexity index is 487. The lowest BCUT2D eigenvalue weighted by atomic mass is 10.1. The molecule has 18 heavy (non-hydrogen) atoms. The van der Waals surface area contributed by atoms with Gasteiger partial charge in [0.25, 0.3) is 0 Å². The predicted octanol–water partition coefficient (Wildman–Crippen LogP) is 2.12. The van der Waals surface area contributed by atoms with Crippen LogP contribution in [0.2, 0.25) is 5.02 Å². The van der Waals surface area contributed by atoms with Crippen LogP contribution in [0.25, 0.3) is 0 Å². The molecule has 0 saturated heterocycles. The first-order valence-electron chi connectivity index (χ1n) is 5.12. The van der Waals surface area contributed by atoms with Crippen molar-refractivity contribution in [2.75, 3.05) is 26.2 Å². The van der Waals surface area contributed by atoms with Gasteiger partial charge in [-0.3, -0.25) is 4.79 Å². The van der Waals surface area contributed by atoms with Crippen LogP contribution < -0.4 is 9.64 Å². The molecule has 0 unspecified atom stereocenters. The van der Waals surface area contributed by atoms with Crippen molar-refractivity contribution >= 4 is 29.2 Å². The summed E-state index contributed by atoms with van der Waals surface area (Å²) in [4.78, 5) is 24.4. The fourth-order valence-electron chi connectivity index (χ4n) is 1.47. The number of methoxy groups -OCH3 is 2. The molecule has 0 fully saturated rings. The molecule has 1 aromatic rings. The molecule has 1 amide bonds. The molecule has 1 aromatic carbocycles. The van der Waals surface area contributed by atoms with Crippen LogP contribution in [0.5, 0.6) is 5.75 Å². The van der Waals surface area contributed by atoms with Crippen LogP contribution in [0.4, 0.5) is 5.69 Å². The smallest absolute Gasteiger partial charge is 0.341 e. The van der Waals surface area contributed by atoms with Crippen molar-refractivity contribution in [1.29, 1.82) is 0 Å². The highest BCUT2D eigenvalue weighted by atomic mass is 35.5. The van der Waals surface area contributed by atoms with Gasteiger partial charge in [0.15, 0.2) is 5.75 Å². The number of hydrogen-bond acceptors (Lipinski definition) is 4. The van der Waals surface area contributed by atoms with E-state index in [0.717, 1.165) is 0 Å². The minimum atomic E-state index is -0.576. The van der Waals surface area contributed by atoms with E-state index in [1.54, 1.807) is 13.1 Å². The molecule has 0 radical (unpaired) electrons. The van der Waals surface area contributed by atoms with Gasteiger partial charge in [-0.2, -0.15) is 0 Å². The Kier molecular flexibility index (Phi) is 4.55. The van der Waals surface area contributed by atoms with Gasteiger partial charge >= 0.3 is 5.97 Å². The van der Waals surface area contributed by atoms with Crippen molar-refractivity contribution in [3.05, 3.63) is 22.7 Å². The summed E-state index contributed by atoms with van der Waals surface area (Å²) in [5.74, 6) is -0.525. The zero-order chi connectivity index (χ0) is 13.9. The van der Waals surface area contributed by atoms with E-state index in [4.69, 9.17) is 16.3 Å². The maximum absolute atomic E-state index is 11.6. The molecule has 6 heteroatoms. The van der Waals surface area contributed by atoms with Crippen LogP contribution in [-0.2, 0) is 9.53 Å². The summed E-state index contributed by atoms with van der Waals surface area (Å²) >= 11 is 5.93. The topological polar surface area (TPSA) is 55.8 Å². The number of amides is 1. The van der Waals surface area contributed by atoms with E-state index in [1.165, 1.54) is 32.1 Å². The van der Waals surface area contributed by atoms with Gasteiger partial charge in [0.2, 0.25) is 5.91 Å². The molecule has 1 rings (SSSR count). The van der Waals surface area contributed by atoms with Crippen LogP contribution in [-0.4, -0.2) is 33.1 Å². The number of esters is 1. The normalized spacial score (nSPS) is 9.83.